The molecule has 0 saturated heterocycles. The summed E-state index contributed by atoms with van der Waals surface area (Å²) in [6, 6.07) is 1.21. The van der Waals surface area contributed by atoms with Gasteiger partial charge in [0.25, 0.3) is 0 Å². The predicted molar refractivity (Wildman–Crippen MR) is 39.2 cm³/mol. The molecule has 0 aromatic carbocycles. The number of nitrogens with zero attached hydrogens (tertiary/aromatic N) is 1. The molecule has 84 valence electrons. The van der Waals surface area contributed by atoms with Gasteiger partial charge in [-0.3, -0.25) is 0 Å². The van der Waals surface area contributed by atoms with Gasteiger partial charge in [0.15, 0.2) is 5.03 Å². The van der Waals surface area contributed by atoms with E-state index >= 15 is 0 Å². The lowest BCUT2D eigenvalue weighted by molar-refractivity contribution is -0.274. The number of rotatable bonds is 2. The summed E-state index contributed by atoms with van der Waals surface area (Å²) in [7, 11) is -5.01. The molecule has 15 heavy (non-hydrogen) atoms. The lowest BCUT2D eigenvalue weighted by Gasteiger charge is -2.07. The van der Waals surface area contributed by atoms with Gasteiger partial charge in [-0.05, 0) is 12.1 Å². The van der Waals surface area contributed by atoms with E-state index in [1.165, 1.54) is 0 Å². The number of pyridine rings is 1. The topological polar surface area (TPSA) is 56.3 Å². The summed E-state index contributed by atoms with van der Waals surface area (Å²) in [4.78, 5) is 2.95. The molecule has 4 nitrogen and oxygen atoms in total. The third-order valence-electron chi connectivity index (χ3n) is 1.19. The predicted octanol–water partition coefficient (Wildman–Crippen LogP) is 1.64. The largest absolute Gasteiger partial charge is 0.573 e. The van der Waals surface area contributed by atoms with E-state index in [1.54, 1.807) is 0 Å². The van der Waals surface area contributed by atoms with Gasteiger partial charge < -0.3 is 4.74 Å². The highest BCUT2D eigenvalue weighted by Gasteiger charge is 2.31. The third-order valence-corrected chi connectivity index (χ3v) is 1.93. The molecule has 1 rings (SSSR count). The average molecular weight is 245 g/mol. The van der Waals surface area contributed by atoms with Crippen LogP contribution in [0.5, 0.6) is 5.75 Å². The Hall–Kier alpha value is -1.38. The smallest absolute Gasteiger partial charge is 0.404 e. The van der Waals surface area contributed by atoms with E-state index in [2.05, 4.69) is 9.72 Å². The van der Waals surface area contributed by atoms with Crippen LogP contribution in [0.15, 0.2) is 23.4 Å². The molecule has 0 unspecified atom stereocenters. The van der Waals surface area contributed by atoms with Crippen LogP contribution in [0.4, 0.5) is 17.1 Å². The highest BCUT2D eigenvalue weighted by atomic mass is 32.3. The molecule has 0 amide bonds. The molecule has 0 fully saturated rings. The van der Waals surface area contributed by atoms with E-state index in [-0.39, 0.29) is 0 Å². The van der Waals surface area contributed by atoms with Crippen molar-refractivity contribution in [1.29, 1.82) is 0 Å². The monoisotopic (exact) mass is 245 g/mol. The van der Waals surface area contributed by atoms with Gasteiger partial charge >= 0.3 is 16.6 Å². The lowest BCUT2D eigenvalue weighted by atomic mass is 10.5. The molecule has 0 aliphatic rings. The zero-order valence-corrected chi connectivity index (χ0v) is 7.64. The molecule has 9 heteroatoms. The van der Waals surface area contributed by atoms with Crippen LogP contribution in [0.1, 0.15) is 0 Å². The van der Waals surface area contributed by atoms with Gasteiger partial charge in [-0.1, -0.05) is 3.89 Å². The van der Waals surface area contributed by atoms with E-state index in [0.717, 1.165) is 0 Å². The molecule has 0 radical (unpaired) electrons. The Balaban J connectivity index is 2.92. The summed E-state index contributed by atoms with van der Waals surface area (Å²) >= 11 is 0. The van der Waals surface area contributed by atoms with Gasteiger partial charge in [0, 0.05) is 0 Å². The zero-order valence-electron chi connectivity index (χ0n) is 6.82. The first-order valence-electron chi connectivity index (χ1n) is 3.35. The summed E-state index contributed by atoms with van der Waals surface area (Å²) in [6.45, 7) is 0. The van der Waals surface area contributed by atoms with Crippen LogP contribution in [-0.4, -0.2) is 19.8 Å². The van der Waals surface area contributed by atoms with Crippen molar-refractivity contribution in [3.63, 3.8) is 0 Å². The van der Waals surface area contributed by atoms with E-state index in [9.17, 15) is 25.5 Å². The first-order chi connectivity index (χ1) is 6.68. The third kappa shape index (κ3) is 3.70. The summed E-state index contributed by atoms with van der Waals surface area (Å²) in [5.41, 5.74) is 0. The second-order valence-electron chi connectivity index (χ2n) is 2.32. The van der Waals surface area contributed by atoms with Gasteiger partial charge in [-0.25, -0.2) is 4.98 Å². The highest BCUT2D eigenvalue weighted by Crippen LogP contribution is 2.22. The van der Waals surface area contributed by atoms with Gasteiger partial charge in [-0.2, -0.15) is 8.42 Å². The second kappa shape index (κ2) is 3.65. The Bertz CT molecular complexity index is 438. The van der Waals surface area contributed by atoms with Gasteiger partial charge in [-0.15, -0.1) is 13.2 Å². The van der Waals surface area contributed by atoms with Gasteiger partial charge in [0.2, 0.25) is 0 Å². The van der Waals surface area contributed by atoms with Crippen LogP contribution < -0.4 is 4.74 Å². The average Bonchev–Trinajstić information content (AvgIpc) is 2.00. The highest BCUT2D eigenvalue weighted by molar-refractivity contribution is 7.86. The Kier molecular flexibility index (Phi) is 2.84. The van der Waals surface area contributed by atoms with E-state index < -0.39 is 27.4 Å². The molecular formula is C6H3F4NO3S. The lowest BCUT2D eigenvalue weighted by Crippen LogP contribution is -2.17. The zero-order chi connectivity index (χ0) is 11.7. The Morgan fingerprint density at radius 1 is 1.27 bits per heavy atom. The van der Waals surface area contributed by atoms with Gasteiger partial charge in [0.05, 0.1) is 6.20 Å². The standard InChI is InChI=1S/C6H3F4NO3S/c7-6(8,9)14-4-1-2-5(11-3-4)15(10,12)13/h1-3H. The number of hydrogen-bond donors (Lipinski definition) is 0. The number of alkyl halides is 3. The summed E-state index contributed by atoms with van der Waals surface area (Å²) < 4.78 is 71.0. The van der Waals surface area contributed by atoms with Crippen molar-refractivity contribution in [1.82, 2.24) is 4.98 Å². The SMILES string of the molecule is O=S(=O)(F)c1ccc(OC(F)(F)F)cn1. The van der Waals surface area contributed by atoms with Crippen molar-refractivity contribution in [3.8, 4) is 5.75 Å². The summed E-state index contributed by atoms with van der Waals surface area (Å²) in [6.07, 6.45) is -4.45. The molecule has 1 aromatic rings. The summed E-state index contributed by atoms with van der Waals surface area (Å²) in [5.74, 6) is -0.727. The molecule has 0 aliphatic heterocycles. The van der Waals surface area contributed by atoms with Crippen LogP contribution in [0.3, 0.4) is 0 Å². The van der Waals surface area contributed by atoms with Crippen LogP contribution in [-0.2, 0) is 10.2 Å². The maximum absolute atomic E-state index is 12.2. The van der Waals surface area contributed by atoms with Crippen molar-refractivity contribution in [2.24, 2.45) is 0 Å². The van der Waals surface area contributed by atoms with Crippen LogP contribution in [0, 0.1) is 0 Å². The Labute approximate surface area is 81.7 Å². The summed E-state index contributed by atoms with van der Waals surface area (Å²) in [5, 5.41) is -0.975. The minimum absolute atomic E-state index is 0.458. The first-order valence-corrected chi connectivity index (χ1v) is 4.73. The molecule has 1 heterocycles. The van der Waals surface area contributed by atoms with Crippen molar-refractivity contribution >= 4 is 10.2 Å². The Morgan fingerprint density at radius 2 is 1.87 bits per heavy atom. The van der Waals surface area contributed by atoms with Crippen LogP contribution in [0.25, 0.3) is 0 Å². The number of halogens is 4. The minimum Gasteiger partial charge on any atom is -0.404 e. The maximum atomic E-state index is 12.2. The van der Waals surface area contributed by atoms with E-state index in [1.807, 2.05) is 0 Å². The second-order valence-corrected chi connectivity index (χ2v) is 3.61. The maximum Gasteiger partial charge on any atom is 0.573 e. The number of ether oxygens (including phenoxy) is 1. The van der Waals surface area contributed by atoms with Crippen LogP contribution >= 0.6 is 0 Å². The van der Waals surface area contributed by atoms with Gasteiger partial charge in [0.1, 0.15) is 5.75 Å². The van der Waals surface area contributed by atoms with Crippen molar-refractivity contribution in [2.45, 2.75) is 11.4 Å². The molecule has 0 atom stereocenters. The van der Waals surface area contributed by atoms with E-state index in [4.69, 9.17) is 0 Å². The fourth-order valence-electron chi connectivity index (χ4n) is 0.705. The molecular weight excluding hydrogens is 242 g/mol. The van der Waals surface area contributed by atoms with Crippen molar-refractivity contribution in [2.75, 3.05) is 0 Å². The quantitative estimate of drug-likeness (QED) is 0.587. The fourth-order valence-corrected chi connectivity index (χ4v) is 1.11. The number of aromatic nitrogens is 1. The molecule has 0 aliphatic carbocycles. The molecule has 0 saturated carbocycles. The Morgan fingerprint density at radius 3 is 2.20 bits per heavy atom. The molecule has 1 aromatic heterocycles. The van der Waals surface area contributed by atoms with E-state index in [0.29, 0.717) is 18.3 Å². The van der Waals surface area contributed by atoms with Crippen LogP contribution in [0.2, 0.25) is 0 Å². The molecule has 0 spiro atoms. The number of hydrogen-bond acceptors (Lipinski definition) is 4. The molecule has 0 N–H and O–H groups in total. The van der Waals surface area contributed by atoms with Crippen molar-refractivity contribution in [3.05, 3.63) is 18.3 Å². The van der Waals surface area contributed by atoms with Crippen molar-refractivity contribution < 1.29 is 30.2 Å². The molecule has 0 bridgehead atoms. The minimum atomic E-state index is -5.01. The fraction of sp³-hybridized carbons (Fsp3) is 0.167. The first kappa shape index (κ1) is 11.7. The normalized spacial score (nSPS) is 12.5.